The first-order chi connectivity index (χ1) is 14.6. The third-order valence-corrected chi connectivity index (χ3v) is 5.46. The average Bonchev–Trinajstić information content (AvgIpc) is 3.36. The Hall–Kier alpha value is -3.65. The Morgan fingerprint density at radius 3 is 2.60 bits per heavy atom. The normalized spacial score (nSPS) is 10.7. The molecule has 0 saturated carbocycles. The lowest BCUT2D eigenvalue weighted by Gasteiger charge is -2.07. The molecule has 0 aliphatic carbocycles. The molecule has 2 aromatic heterocycles. The minimum Gasteiger partial charge on any atom is -0.453 e. The van der Waals surface area contributed by atoms with Gasteiger partial charge >= 0.3 is 6.09 Å². The molecule has 152 valence electrons. The van der Waals surface area contributed by atoms with Crippen LogP contribution in [0.3, 0.4) is 0 Å². The predicted molar refractivity (Wildman–Crippen MR) is 117 cm³/mol. The first kappa shape index (κ1) is 19.7. The standard InChI is InChI=1S/C22H20N4O3S/c1-29-22(28)24-17-9-7-15(8-10-17)12-23-20(27)11-18-14-30-21-25-19(13-26(18)21)16-5-3-2-4-6-16/h2-10,13-14H,11-12H2,1H3,(H,23,27)(H,24,28). The van der Waals surface area contributed by atoms with Crippen molar-refractivity contribution in [2.24, 2.45) is 0 Å². The summed E-state index contributed by atoms with van der Waals surface area (Å²) in [6.07, 6.45) is 1.72. The molecular formula is C22H20N4O3S. The lowest BCUT2D eigenvalue weighted by Crippen LogP contribution is -2.25. The molecule has 7 nitrogen and oxygen atoms in total. The number of rotatable bonds is 6. The number of thiazole rings is 1. The fourth-order valence-electron chi connectivity index (χ4n) is 3.01. The number of nitrogens with one attached hydrogen (secondary N) is 2. The number of nitrogens with zero attached hydrogens (tertiary/aromatic N) is 2. The Morgan fingerprint density at radius 1 is 1.10 bits per heavy atom. The minimum absolute atomic E-state index is 0.0681. The highest BCUT2D eigenvalue weighted by atomic mass is 32.1. The maximum absolute atomic E-state index is 12.4. The topological polar surface area (TPSA) is 84.7 Å². The summed E-state index contributed by atoms with van der Waals surface area (Å²) >= 11 is 1.52. The summed E-state index contributed by atoms with van der Waals surface area (Å²) < 4.78 is 6.53. The van der Waals surface area contributed by atoms with E-state index in [1.54, 1.807) is 12.1 Å². The van der Waals surface area contributed by atoms with Gasteiger partial charge in [-0.15, -0.1) is 11.3 Å². The van der Waals surface area contributed by atoms with Gasteiger partial charge in [-0.05, 0) is 17.7 Å². The first-order valence-electron chi connectivity index (χ1n) is 9.34. The van der Waals surface area contributed by atoms with Crippen LogP contribution in [0, 0.1) is 0 Å². The van der Waals surface area contributed by atoms with Crippen LogP contribution in [-0.4, -0.2) is 28.5 Å². The lowest BCUT2D eigenvalue weighted by molar-refractivity contribution is -0.120. The zero-order valence-electron chi connectivity index (χ0n) is 16.3. The number of fused-ring (bicyclic) bond motifs is 1. The largest absolute Gasteiger partial charge is 0.453 e. The van der Waals surface area contributed by atoms with Gasteiger partial charge in [-0.3, -0.25) is 14.5 Å². The van der Waals surface area contributed by atoms with Crippen molar-refractivity contribution in [2.75, 3.05) is 12.4 Å². The minimum atomic E-state index is -0.520. The van der Waals surface area contributed by atoms with Gasteiger partial charge in [0.1, 0.15) is 0 Å². The second kappa shape index (κ2) is 8.79. The third-order valence-electron chi connectivity index (χ3n) is 4.57. The molecule has 30 heavy (non-hydrogen) atoms. The molecule has 0 aliphatic heterocycles. The van der Waals surface area contributed by atoms with Crippen molar-refractivity contribution in [3.63, 3.8) is 0 Å². The van der Waals surface area contributed by atoms with Crippen LogP contribution in [0.1, 0.15) is 11.3 Å². The number of methoxy groups -OCH3 is 1. The number of ether oxygens (including phenoxy) is 1. The van der Waals surface area contributed by atoms with Crippen molar-refractivity contribution in [1.29, 1.82) is 0 Å². The maximum atomic E-state index is 12.4. The Kier molecular flexibility index (Phi) is 5.76. The fraction of sp³-hybridized carbons (Fsp3) is 0.136. The van der Waals surface area contributed by atoms with Crippen LogP contribution in [0.15, 0.2) is 66.2 Å². The highest BCUT2D eigenvalue weighted by Gasteiger charge is 2.12. The molecule has 0 spiro atoms. The molecule has 4 rings (SSSR count). The van der Waals surface area contributed by atoms with Gasteiger partial charge in [0.2, 0.25) is 5.91 Å². The average molecular weight is 420 g/mol. The fourth-order valence-corrected chi connectivity index (χ4v) is 3.88. The highest BCUT2D eigenvalue weighted by Crippen LogP contribution is 2.23. The summed E-state index contributed by atoms with van der Waals surface area (Å²) in [5.74, 6) is -0.0681. The van der Waals surface area contributed by atoms with Gasteiger partial charge in [0, 0.05) is 35.1 Å². The number of carbonyl (C=O) groups excluding carboxylic acids is 2. The lowest BCUT2D eigenvalue weighted by atomic mass is 10.2. The van der Waals surface area contributed by atoms with Crippen molar-refractivity contribution in [2.45, 2.75) is 13.0 Å². The molecule has 0 bridgehead atoms. The molecule has 0 aliphatic rings. The molecule has 2 amide bonds. The molecule has 2 N–H and O–H groups in total. The molecule has 2 heterocycles. The van der Waals surface area contributed by atoms with E-state index >= 15 is 0 Å². The first-order valence-corrected chi connectivity index (χ1v) is 10.2. The second-order valence-electron chi connectivity index (χ2n) is 6.64. The van der Waals surface area contributed by atoms with Crippen LogP contribution in [0.2, 0.25) is 0 Å². The van der Waals surface area contributed by atoms with E-state index in [0.29, 0.717) is 12.2 Å². The third kappa shape index (κ3) is 4.49. The SMILES string of the molecule is COC(=O)Nc1ccc(CNC(=O)Cc2csc3nc(-c4ccccc4)cn23)cc1. The Bertz CT molecular complexity index is 1170. The molecule has 4 aromatic rings. The van der Waals surface area contributed by atoms with Gasteiger partial charge < -0.3 is 10.1 Å². The Labute approximate surface area is 177 Å². The van der Waals surface area contributed by atoms with Crippen molar-refractivity contribution < 1.29 is 14.3 Å². The summed E-state index contributed by atoms with van der Waals surface area (Å²) in [6, 6.07) is 17.2. The molecular weight excluding hydrogens is 400 g/mol. The molecule has 2 aromatic carbocycles. The number of amides is 2. The number of imidazole rings is 1. The molecule has 0 saturated heterocycles. The second-order valence-corrected chi connectivity index (χ2v) is 7.48. The van der Waals surface area contributed by atoms with E-state index in [1.165, 1.54) is 18.4 Å². The van der Waals surface area contributed by atoms with Crippen LogP contribution in [0.4, 0.5) is 10.5 Å². The summed E-state index contributed by atoms with van der Waals surface area (Å²) in [5.41, 5.74) is 4.41. The number of aromatic nitrogens is 2. The highest BCUT2D eigenvalue weighted by molar-refractivity contribution is 7.15. The smallest absolute Gasteiger partial charge is 0.411 e. The summed E-state index contributed by atoms with van der Waals surface area (Å²) in [5, 5.41) is 7.48. The van der Waals surface area contributed by atoms with E-state index in [9.17, 15) is 9.59 Å². The zero-order chi connectivity index (χ0) is 20.9. The van der Waals surface area contributed by atoms with Gasteiger partial charge in [-0.2, -0.15) is 0 Å². The molecule has 0 radical (unpaired) electrons. The van der Waals surface area contributed by atoms with Crippen molar-refractivity contribution in [3.05, 3.63) is 77.4 Å². The van der Waals surface area contributed by atoms with E-state index in [-0.39, 0.29) is 12.3 Å². The van der Waals surface area contributed by atoms with E-state index < -0.39 is 6.09 Å². The van der Waals surface area contributed by atoms with Gasteiger partial charge in [-0.1, -0.05) is 42.5 Å². The van der Waals surface area contributed by atoms with Gasteiger partial charge in [0.05, 0.1) is 19.2 Å². The Balaban J connectivity index is 1.37. The van der Waals surface area contributed by atoms with E-state index in [2.05, 4.69) is 20.4 Å². The zero-order valence-corrected chi connectivity index (χ0v) is 17.1. The van der Waals surface area contributed by atoms with Crippen LogP contribution >= 0.6 is 11.3 Å². The van der Waals surface area contributed by atoms with E-state index in [0.717, 1.165) is 27.5 Å². The monoisotopic (exact) mass is 420 g/mol. The molecule has 0 atom stereocenters. The van der Waals surface area contributed by atoms with Gasteiger partial charge in [-0.25, -0.2) is 9.78 Å². The van der Waals surface area contributed by atoms with E-state index in [4.69, 9.17) is 0 Å². The van der Waals surface area contributed by atoms with Crippen molar-refractivity contribution in [1.82, 2.24) is 14.7 Å². The van der Waals surface area contributed by atoms with Crippen molar-refractivity contribution >= 4 is 34.0 Å². The van der Waals surface area contributed by atoms with Crippen LogP contribution in [-0.2, 0) is 22.5 Å². The summed E-state index contributed by atoms with van der Waals surface area (Å²) in [6.45, 7) is 0.407. The van der Waals surface area contributed by atoms with E-state index in [1.807, 2.05) is 58.4 Å². The molecule has 8 heteroatoms. The van der Waals surface area contributed by atoms with Gasteiger partial charge in [0.25, 0.3) is 0 Å². The number of benzene rings is 2. The predicted octanol–water partition coefficient (Wildman–Crippen LogP) is 4.10. The van der Waals surface area contributed by atoms with Crippen molar-refractivity contribution in [3.8, 4) is 11.3 Å². The molecule has 0 fully saturated rings. The van der Waals surface area contributed by atoms with Crippen LogP contribution < -0.4 is 10.6 Å². The quantitative estimate of drug-likeness (QED) is 0.492. The summed E-state index contributed by atoms with van der Waals surface area (Å²) in [7, 11) is 1.31. The van der Waals surface area contributed by atoms with Crippen LogP contribution in [0.5, 0.6) is 0 Å². The molecule has 0 unspecified atom stereocenters. The van der Waals surface area contributed by atoms with Gasteiger partial charge in [0.15, 0.2) is 4.96 Å². The number of hydrogen-bond acceptors (Lipinski definition) is 5. The summed E-state index contributed by atoms with van der Waals surface area (Å²) in [4.78, 5) is 29.2. The van der Waals surface area contributed by atoms with Crippen LogP contribution in [0.25, 0.3) is 16.2 Å². The number of anilines is 1. The number of hydrogen-bond donors (Lipinski definition) is 2. The maximum Gasteiger partial charge on any atom is 0.411 e. The Morgan fingerprint density at radius 2 is 1.87 bits per heavy atom. The number of carbonyl (C=O) groups is 2.